The van der Waals surface area contributed by atoms with E-state index in [0.29, 0.717) is 17.1 Å². The second-order valence-electron chi connectivity index (χ2n) is 5.19. The minimum Gasteiger partial charge on any atom is -0.353 e. The van der Waals surface area contributed by atoms with Crippen molar-refractivity contribution in [3.05, 3.63) is 83.7 Å². The zero-order valence-electron chi connectivity index (χ0n) is 13.9. The molecule has 4 nitrogen and oxygen atoms in total. The van der Waals surface area contributed by atoms with Gasteiger partial charge in [0, 0.05) is 17.5 Å². The molecule has 0 saturated heterocycles. The highest BCUT2D eigenvalue weighted by Gasteiger charge is 2.11. The molecule has 1 aromatic heterocycles. The normalized spacial score (nSPS) is 12.2. The number of carbonyl (C=O) groups excluding carboxylic acids is 1. The summed E-state index contributed by atoms with van der Waals surface area (Å²) < 4.78 is 26.7. The van der Waals surface area contributed by atoms with Gasteiger partial charge in [-0.05, 0) is 43.3 Å². The van der Waals surface area contributed by atoms with Gasteiger partial charge in [0.05, 0.1) is 22.6 Å². The monoisotopic (exact) mass is 375 g/mol. The highest BCUT2D eigenvalue weighted by molar-refractivity contribution is 6.29. The molecule has 0 spiro atoms. The number of nitrogens with one attached hydrogen (secondary N) is 2. The Balaban J connectivity index is 2.24. The maximum atomic E-state index is 13.7. The van der Waals surface area contributed by atoms with Crippen LogP contribution in [0.2, 0.25) is 0 Å². The van der Waals surface area contributed by atoms with Gasteiger partial charge < -0.3 is 10.6 Å². The SMILES string of the molecule is C=C/C(=C\C(F)=C(/C)Cl)C(=O)Nc1ccncc1Nc1ccc(F)cc1. The molecule has 1 aromatic carbocycles. The van der Waals surface area contributed by atoms with Crippen molar-refractivity contribution in [2.24, 2.45) is 0 Å². The van der Waals surface area contributed by atoms with E-state index in [1.165, 1.54) is 37.5 Å². The van der Waals surface area contributed by atoms with Gasteiger partial charge in [0.25, 0.3) is 5.91 Å². The van der Waals surface area contributed by atoms with E-state index in [1.807, 2.05) is 0 Å². The lowest BCUT2D eigenvalue weighted by Gasteiger charge is -2.13. The molecule has 0 aliphatic heterocycles. The first-order valence-electron chi connectivity index (χ1n) is 7.54. The zero-order valence-corrected chi connectivity index (χ0v) is 14.6. The van der Waals surface area contributed by atoms with Crippen molar-refractivity contribution in [2.75, 3.05) is 10.6 Å². The standard InChI is InChI=1S/C19H16ClF2N3O/c1-3-13(10-16(22)12(2)20)19(26)25-17-8-9-23-11-18(17)24-15-6-4-14(21)5-7-15/h3-11,24H,1H2,2H3,(H,23,25,26)/b13-10+,16-12-. The fraction of sp³-hybridized carbons (Fsp3) is 0.0526. The number of halogens is 3. The topological polar surface area (TPSA) is 54.0 Å². The third-order valence-electron chi connectivity index (χ3n) is 3.29. The maximum Gasteiger partial charge on any atom is 0.255 e. The maximum absolute atomic E-state index is 13.7. The van der Waals surface area contributed by atoms with Crippen LogP contribution in [-0.4, -0.2) is 10.9 Å². The molecular weight excluding hydrogens is 360 g/mol. The predicted molar refractivity (Wildman–Crippen MR) is 100 cm³/mol. The number of nitrogens with zero attached hydrogens (tertiary/aromatic N) is 1. The molecule has 0 aliphatic rings. The zero-order chi connectivity index (χ0) is 19.1. The first kappa shape index (κ1) is 19.3. The number of pyridine rings is 1. The van der Waals surface area contributed by atoms with E-state index in [-0.39, 0.29) is 16.4 Å². The summed E-state index contributed by atoms with van der Waals surface area (Å²) >= 11 is 5.57. The Morgan fingerprint density at radius 2 is 1.92 bits per heavy atom. The third kappa shape index (κ3) is 5.26. The largest absolute Gasteiger partial charge is 0.353 e. The highest BCUT2D eigenvalue weighted by atomic mass is 35.5. The number of aromatic nitrogens is 1. The Morgan fingerprint density at radius 3 is 2.54 bits per heavy atom. The number of hydrogen-bond acceptors (Lipinski definition) is 3. The third-order valence-corrected chi connectivity index (χ3v) is 3.47. The number of anilines is 3. The summed E-state index contributed by atoms with van der Waals surface area (Å²) in [5, 5.41) is 5.61. The van der Waals surface area contributed by atoms with Crippen molar-refractivity contribution in [2.45, 2.75) is 6.92 Å². The molecule has 7 heteroatoms. The average Bonchev–Trinajstić information content (AvgIpc) is 2.62. The summed E-state index contributed by atoms with van der Waals surface area (Å²) in [7, 11) is 0. The summed E-state index contributed by atoms with van der Waals surface area (Å²) in [4.78, 5) is 16.4. The lowest BCUT2D eigenvalue weighted by Crippen LogP contribution is -2.14. The quantitative estimate of drug-likeness (QED) is 0.521. The smallest absolute Gasteiger partial charge is 0.255 e. The second-order valence-corrected chi connectivity index (χ2v) is 5.76. The molecule has 0 saturated carbocycles. The van der Waals surface area contributed by atoms with Crippen LogP contribution >= 0.6 is 11.6 Å². The van der Waals surface area contributed by atoms with Crippen LogP contribution in [0.25, 0.3) is 0 Å². The summed E-state index contributed by atoms with van der Waals surface area (Å²) in [6.07, 6.45) is 5.22. The van der Waals surface area contributed by atoms with Crippen molar-refractivity contribution in [3.63, 3.8) is 0 Å². The fourth-order valence-electron chi connectivity index (χ4n) is 1.94. The van der Waals surface area contributed by atoms with Gasteiger partial charge >= 0.3 is 0 Å². The van der Waals surface area contributed by atoms with Crippen molar-refractivity contribution in [3.8, 4) is 0 Å². The Morgan fingerprint density at radius 1 is 1.23 bits per heavy atom. The Labute approximate surface area is 154 Å². The predicted octanol–water partition coefficient (Wildman–Crippen LogP) is 5.46. The van der Waals surface area contributed by atoms with Gasteiger partial charge in [-0.2, -0.15) is 0 Å². The van der Waals surface area contributed by atoms with E-state index >= 15 is 0 Å². The first-order valence-corrected chi connectivity index (χ1v) is 7.92. The second kappa shape index (κ2) is 8.92. The van der Waals surface area contributed by atoms with Gasteiger partial charge in [0.2, 0.25) is 0 Å². The molecule has 1 amide bonds. The number of benzene rings is 1. The van der Waals surface area contributed by atoms with Crippen LogP contribution in [0.4, 0.5) is 25.8 Å². The lowest BCUT2D eigenvalue weighted by molar-refractivity contribution is -0.112. The summed E-state index contributed by atoms with van der Waals surface area (Å²) in [6, 6.07) is 7.28. The van der Waals surface area contributed by atoms with Crippen LogP contribution in [0.15, 0.2) is 77.9 Å². The van der Waals surface area contributed by atoms with Crippen molar-refractivity contribution < 1.29 is 13.6 Å². The number of hydrogen-bond donors (Lipinski definition) is 2. The fourth-order valence-corrected chi connectivity index (χ4v) is 1.99. The van der Waals surface area contributed by atoms with Crippen LogP contribution in [-0.2, 0) is 4.79 Å². The van der Waals surface area contributed by atoms with Crippen LogP contribution in [0.5, 0.6) is 0 Å². The number of carbonyl (C=O) groups is 1. The van der Waals surface area contributed by atoms with Gasteiger partial charge in [-0.1, -0.05) is 24.3 Å². The van der Waals surface area contributed by atoms with Crippen LogP contribution in [0, 0.1) is 5.82 Å². The molecule has 2 aromatic rings. The van der Waals surface area contributed by atoms with E-state index in [9.17, 15) is 13.6 Å². The molecule has 2 rings (SSSR count). The average molecular weight is 376 g/mol. The number of allylic oxidation sites excluding steroid dienone is 3. The van der Waals surface area contributed by atoms with Gasteiger partial charge in [-0.15, -0.1) is 0 Å². The summed E-state index contributed by atoms with van der Waals surface area (Å²) in [6.45, 7) is 4.88. The molecule has 0 unspecified atom stereocenters. The van der Waals surface area contributed by atoms with Gasteiger partial charge in [-0.25, -0.2) is 8.78 Å². The minimum atomic E-state index is -0.726. The molecule has 1 heterocycles. The van der Waals surface area contributed by atoms with Gasteiger partial charge in [0.15, 0.2) is 0 Å². The van der Waals surface area contributed by atoms with E-state index in [0.717, 1.165) is 6.08 Å². The van der Waals surface area contributed by atoms with Crippen molar-refractivity contribution in [1.29, 1.82) is 0 Å². The molecule has 0 atom stereocenters. The minimum absolute atomic E-state index is 0.00652. The van der Waals surface area contributed by atoms with E-state index in [2.05, 4.69) is 22.2 Å². The summed E-state index contributed by atoms with van der Waals surface area (Å²) in [5.74, 6) is -1.65. The van der Waals surface area contributed by atoms with Crippen LogP contribution in [0.1, 0.15) is 6.92 Å². The molecule has 0 radical (unpaired) electrons. The molecule has 0 bridgehead atoms. The van der Waals surface area contributed by atoms with E-state index < -0.39 is 11.7 Å². The summed E-state index contributed by atoms with van der Waals surface area (Å²) in [5.41, 5.74) is 1.52. The lowest BCUT2D eigenvalue weighted by atomic mass is 10.2. The highest BCUT2D eigenvalue weighted by Crippen LogP contribution is 2.25. The van der Waals surface area contributed by atoms with Gasteiger partial charge in [0.1, 0.15) is 11.6 Å². The van der Waals surface area contributed by atoms with E-state index in [4.69, 9.17) is 11.6 Å². The Hall–Kier alpha value is -2.99. The number of amides is 1. The van der Waals surface area contributed by atoms with Crippen LogP contribution in [0.3, 0.4) is 0 Å². The van der Waals surface area contributed by atoms with E-state index in [1.54, 1.807) is 18.2 Å². The van der Waals surface area contributed by atoms with Crippen LogP contribution < -0.4 is 10.6 Å². The molecule has 0 aliphatic carbocycles. The van der Waals surface area contributed by atoms with Gasteiger partial charge in [-0.3, -0.25) is 9.78 Å². The van der Waals surface area contributed by atoms with Crippen molar-refractivity contribution >= 4 is 34.6 Å². The molecule has 2 N–H and O–H groups in total. The Bertz CT molecular complexity index is 873. The Kier molecular flexibility index (Phi) is 6.63. The number of rotatable bonds is 6. The van der Waals surface area contributed by atoms with Crippen molar-refractivity contribution in [1.82, 2.24) is 4.98 Å². The molecule has 26 heavy (non-hydrogen) atoms. The molecule has 134 valence electrons. The first-order chi connectivity index (χ1) is 12.4. The molecule has 0 fully saturated rings. The molecular formula is C19H16ClF2N3O.